The summed E-state index contributed by atoms with van der Waals surface area (Å²) in [4.78, 5) is 2.51. The summed E-state index contributed by atoms with van der Waals surface area (Å²) in [6.07, 6.45) is 1.72. The zero-order valence-electron chi connectivity index (χ0n) is 12.5. The van der Waals surface area contributed by atoms with Crippen molar-refractivity contribution in [3.63, 3.8) is 0 Å². The molecule has 1 saturated carbocycles. The Labute approximate surface area is 116 Å². The van der Waals surface area contributed by atoms with Gasteiger partial charge in [0, 0.05) is 49.7 Å². The minimum Gasteiger partial charge on any atom is -0.379 e. The SMILES string of the molecule is CC(CN1CCOCC1)NC1C2CCOC2C1(C)C. The van der Waals surface area contributed by atoms with Crippen molar-refractivity contribution in [3.05, 3.63) is 0 Å². The second-order valence-corrected chi connectivity index (χ2v) is 7.02. The molecule has 0 bridgehead atoms. The smallest absolute Gasteiger partial charge is 0.0685 e. The van der Waals surface area contributed by atoms with E-state index in [1.165, 1.54) is 6.42 Å². The number of hydrogen-bond donors (Lipinski definition) is 1. The first-order valence-electron chi connectivity index (χ1n) is 7.77. The predicted molar refractivity (Wildman–Crippen MR) is 75.3 cm³/mol. The van der Waals surface area contributed by atoms with Gasteiger partial charge in [-0.2, -0.15) is 0 Å². The van der Waals surface area contributed by atoms with Crippen LogP contribution in [0.1, 0.15) is 27.2 Å². The topological polar surface area (TPSA) is 33.7 Å². The fraction of sp³-hybridized carbons (Fsp3) is 1.00. The molecule has 3 fully saturated rings. The highest BCUT2D eigenvalue weighted by Crippen LogP contribution is 2.52. The Morgan fingerprint density at radius 2 is 2.00 bits per heavy atom. The summed E-state index contributed by atoms with van der Waals surface area (Å²) < 4.78 is 11.3. The van der Waals surface area contributed by atoms with Crippen LogP contribution in [0.4, 0.5) is 0 Å². The van der Waals surface area contributed by atoms with Crippen molar-refractivity contribution >= 4 is 0 Å². The zero-order chi connectivity index (χ0) is 13.5. The van der Waals surface area contributed by atoms with Crippen LogP contribution in [0.2, 0.25) is 0 Å². The Bertz CT molecular complexity index is 315. The van der Waals surface area contributed by atoms with Gasteiger partial charge in [-0.1, -0.05) is 13.8 Å². The molecule has 4 nitrogen and oxygen atoms in total. The molecule has 4 unspecified atom stereocenters. The highest BCUT2D eigenvalue weighted by Gasteiger charge is 2.59. The largest absolute Gasteiger partial charge is 0.379 e. The van der Waals surface area contributed by atoms with Gasteiger partial charge in [0.25, 0.3) is 0 Å². The van der Waals surface area contributed by atoms with Crippen molar-refractivity contribution < 1.29 is 9.47 Å². The number of hydrogen-bond acceptors (Lipinski definition) is 4. The molecule has 2 saturated heterocycles. The summed E-state index contributed by atoms with van der Waals surface area (Å²) in [5, 5.41) is 3.86. The van der Waals surface area contributed by atoms with Gasteiger partial charge in [-0.25, -0.2) is 0 Å². The lowest BCUT2D eigenvalue weighted by molar-refractivity contribution is -0.115. The summed E-state index contributed by atoms with van der Waals surface area (Å²) in [5.41, 5.74) is 0.292. The molecule has 0 spiro atoms. The molecular formula is C15H28N2O2. The molecule has 0 radical (unpaired) electrons. The molecule has 4 atom stereocenters. The van der Waals surface area contributed by atoms with Crippen LogP contribution in [0.5, 0.6) is 0 Å². The molecule has 19 heavy (non-hydrogen) atoms. The van der Waals surface area contributed by atoms with Gasteiger partial charge in [-0.05, 0) is 13.3 Å². The first-order chi connectivity index (χ1) is 9.09. The normalized spacial score (nSPS) is 39.6. The fourth-order valence-corrected chi connectivity index (χ4v) is 4.19. The Morgan fingerprint density at radius 1 is 1.26 bits per heavy atom. The second-order valence-electron chi connectivity index (χ2n) is 7.02. The summed E-state index contributed by atoms with van der Waals surface area (Å²) in [6, 6.07) is 1.17. The molecule has 110 valence electrons. The van der Waals surface area contributed by atoms with Crippen molar-refractivity contribution in [3.8, 4) is 0 Å². The van der Waals surface area contributed by atoms with E-state index in [9.17, 15) is 0 Å². The number of rotatable bonds is 4. The van der Waals surface area contributed by atoms with Crippen LogP contribution >= 0.6 is 0 Å². The molecular weight excluding hydrogens is 240 g/mol. The number of fused-ring (bicyclic) bond motifs is 1. The van der Waals surface area contributed by atoms with Gasteiger partial charge >= 0.3 is 0 Å². The number of ether oxygens (including phenoxy) is 2. The maximum atomic E-state index is 5.86. The molecule has 0 aromatic carbocycles. The Morgan fingerprint density at radius 3 is 2.74 bits per heavy atom. The van der Waals surface area contributed by atoms with E-state index in [1.807, 2.05) is 0 Å². The summed E-state index contributed by atoms with van der Waals surface area (Å²) in [7, 11) is 0. The van der Waals surface area contributed by atoms with E-state index in [1.54, 1.807) is 0 Å². The van der Waals surface area contributed by atoms with Gasteiger partial charge in [0.15, 0.2) is 0 Å². The van der Waals surface area contributed by atoms with E-state index >= 15 is 0 Å². The van der Waals surface area contributed by atoms with E-state index in [2.05, 4.69) is 31.0 Å². The Kier molecular flexibility index (Phi) is 3.87. The lowest BCUT2D eigenvalue weighted by atomic mass is 9.57. The van der Waals surface area contributed by atoms with Crippen molar-refractivity contribution in [1.29, 1.82) is 0 Å². The van der Waals surface area contributed by atoms with Crippen molar-refractivity contribution in [1.82, 2.24) is 10.2 Å². The average molecular weight is 268 g/mol. The van der Waals surface area contributed by atoms with Crippen LogP contribution in [-0.4, -0.2) is 62.5 Å². The van der Waals surface area contributed by atoms with Crippen LogP contribution in [0.25, 0.3) is 0 Å². The highest BCUT2D eigenvalue weighted by atomic mass is 16.5. The van der Waals surface area contributed by atoms with Crippen molar-refractivity contribution in [2.45, 2.75) is 45.4 Å². The minimum atomic E-state index is 0.292. The molecule has 0 aromatic heterocycles. The van der Waals surface area contributed by atoms with Gasteiger partial charge in [-0.15, -0.1) is 0 Å². The standard InChI is InChI=1S/C15H28N2O2/c1-11(10-17-5-8-18-9-6-17)16-13-12-4-7-19-14(12)15(13,2)3/h11-14,16H,4-10H2,1-3H3. The predicted octanol–water partition coefficient (Wildman–Crippen LogP) is 1.11. The van der Waals surface area contributed by atoms with Gasteiger partial charge in [0.05, 0.1) is 19.3 Å². The monoisotopic (exact) mass is 268 g/mol. The molecule has 4 heteroatoms. The quantitative estimate of drug-likeness (QED) is 0.828. The third kappa shape index (κ3) is 2.56. The second kappa shape index (κ2) is 5.32. The lowest BCUT2D eigenvalue weighted by Gasteiger charge is -2.56. The van der Waals surface area contributed by atoms with Crippen LogP contribution < -0.4 is 5.32 Å². The number of morpholine rings is 1. The van der Waals surface area contributed by atoms with E-state index in [0.29, 0.717) is 23.6 Å². The molecule has 1 N–H and O–H groups in total. The van der Waals surface area contributed by atoms with Gasteiger partial charge in [0.1, 0.15) is 0 Å². The molecule has 3 aliphatic rings. The lowest BCUT2D eigenvalue weighted by Crippen LogP contribution is -2.67. The molecule has 2 heterocycles. The van der Waals surface area contributed by atoms with Crippen molar-refractivity contribution in [2.75, 3.05) is 39.5 Å². The molecule has 0 amide bonds. The average Bonchev–Trinajstić information content (AvgIpc) is 2.84. The van der Waals surface area contributed by atoms with Crippen LogP contribution in [-0.2, 0) is 9.47 Å². The van der Waals surface area contributed by atoms with E-state index in [4.69, 9.17) is 9.47 Å². The Balaban J connectivity index is 1.50. The van der Waals surface area contributed by atoms with Crippen LogP contribution in [0, 0.1) is 11.3 Å². The first-order valence-corrected chi connectivity index (χ1v) is 7.77. The minimum absolute atomic E-state index is 0.292. The Hall–Kier alpha value is -0.160. The van der Waals surface area contributed by atoms with E-state index in [-0.39, 0.29) is 0 Å². The summed E-state index contributed by atoms with van der Waals surface area (Å²) in [5.74, 6) is 0.738. The maximum Gasteiger partial charge on any atom is 0.0685 e. The fourth-order valence-electron chi connectivity index (χ4n) is 4.19. The van der Waals surface area contributed by atoms with E-state index in [0.717, 1.165) is 45.4 Å². The van der Waals surface area contributed by atoms with Gasteiger partial charge < -0.3 is 14.8 Å². The third-order valence-corrected chi connectivity index (χ3v) is 5.20. The highest BCUT2D eigenvalue weighted by molar-refractivity contribution is 5.11. The first kappa shape index (κ1) is 13.8. The zero-order valence-corrected chi connectivity index (χ0v) is 12.5. The summed E-state index contributed by atoms with van der Waals surface area (Å²) >= 11 is 0. The van der Waals surface area contributed by atoms with E-state index < -0.39 is 0 Å². The maximum absolute atomic E-state index is 5.86. The van der Waals surface area contributed by atoms with Crippen molar-refractivity contribution in [2.24, 2.45) is 11.3 Å². The molecule has 3 rings (SSSR count). The number of nitrogens with one attached hydrogen (secondary N) is 1. The van der Waals surface area contributed by atoms with Gasteiger partial charge in [-0.3, -0.25) is 4.90 Å². The molecule has 0 aromatic rings. The van der Waals surface area contributed by atoms with Crippen LogP contribution in [0.3, 0.4) is 0 Å². The third-order valence-electron chi connectivity index (χ3n) is 5.20. The van der Waals surface area contributed by atoms with Gasteiger partial charge in [0.2, 0.25) is 0 Å². The van der Waals surface area contributed by atoms with Crippen LogP contribution in [0.15, 0.2) is 0 Å². The number of nitrogens with zero attached hydrogens (tertiary/aromatic N) is 1. The summed E-state index contributed by atoms with van der Waals surface area (Å²) in [6.45, 7) is 13.0. The molecule has 1 aliphatic carbocycles. The molecule has 2 aliphatic heterocycles.